The second kappa shape index (κ2) is 10.6. The molecular formula is C21H25ClFN5O4. The van der Waals surface area contributed by atoms with Gasteiger partial charge in [-0.1, -0.05) is 11.6 Å². The van der Waals surface area contributed by atoms with Crippen molar-refractivity contribution in [2.24, 2.45) is 5.92 Å². The fraction of sp³-hybridized carbons (Fsp3) is 0.429. The Kier molecular flexibility index (Phi) is 7.81. The maximum absolute atomic E-state index is 13.4. The monoisotopic (exact) mass is 465 g/mol. The third-order valence-electron chi connectivity index (χ3n) is 5.51. The molecule has 172 valence electrons. The van der Waals surface area contributed by atoms with Crippen LogP contribution in [0.5, 0.6) is 0 Å². The zero-order valence-electron chi connectivity index (χ0n) is 17.5. The number of nitrogens with zero attached hydrogens (tertiary/aromatic N) is 2. The average Bonchev–Trinajstić information content (AvgIpc) is 3.28. The number of H-pyrrole nitrogens is 1. The topological polar surface area (TPSA) is 127 Å². The van der Waals surface area contributed by atoms with Gasteiger partial charge in [0.15, 0.2) is 5.69 Å². The highest BCUT2D eigenvalue weighted by molar-refractivity contribution is 6.33. The van der Waals surface area contributed by atoms with Crippen LogP contribution in [0.15, 0.2) is 24.5 Å². The lowest BCUT2D eigenvalue weighted by Crippen LogP contribution is -2.43. The Morgan fingerprint density at radius 3 is 2.59 bits per heavy atom. The summed E-state index contributed by atoms with van der Waals surface area (Å²) in [4.78, 5) is 45.5. The van der Waals surface area contributed by atoms with Crippen LogP contribution < -0.4 is 15.5 Å². The minimum atomic E-state index is -0.511. The molecule has 1 fully saturated rings. The summed E-state index contributed by atoms with van der Waals surface area (Å²) in [6.07, 6.45) is 3.45. The second-order valence-electron chi connectivity index (χ2n) is 7.54. The number of nitrogens with one attached hydrogen (secondary N) is 3. The van der Waals surface area contributed by atoms with Crippen LogP contribution in [0.25, 0.3) is 0 Å². The molecule has 0 atom stereocenters. The third kappa shape index (κ3) is 5.25. The quantitative estimate of drug-likeness (QED) is 0.496. The molecule has 1 aromatic heterocycles. The van der Waals surface area contributed by atoms with E-state index < -0.39 is 17.6 Å². The number of aromatic nitrogens is 2. The summed E-state index contributed by atoms with van der Waals surface area (Å²) < 4.78 is 13.4. The minimum absolute atomic E-state index is 0.0163. The van der Waals surface area contributed by atoms with Crippen molar-refractivity contribution in [2.45, 2.75) is 31.7 Å². The number of aliphatic hydroxyl groups excluding tert-OH is 1. The fourth-order valence-corrected chi connectivity index (χ4v) is 4.14. The molecule has 11 heteroatoms. The van der Waals surface area contributed by atoms with Gasteiger partial charge in [-0.2, -0.15) is 0 Å². The summed E-state index contributed by atoms with van der Waals surface area (Å²) in [7, 11) is 1.46. The van der Waals surface area contributed by atoms with Gasteiger partial charge in [-0.25, -0.2) is 9.37 Å². The van der Waals surface area contributed by atoms with Crippen molar-refractivity contribution in [1.29, 1.82) is 0 Å². The van der Waals surface area contributed by atoms with Crippen molar-refractivity contribution in [3.63, 3.8) is 0 Å². The summed E-state index contributed by atoms with van der Waals surface area (Å²) in [5, 5.41) is 14.8. The van der Waals surface area contributed by atoms with Crippen molar-refractivity contribution in [3.8, 4) is 0 Å². The summed E-state index contributed by atoms with van der Waals surface area (Å²) in [5.74, 6) is -1.93. The van der Waals surface area contributed by atoms with E-state index in [0.29, 0.717) is 31.4 Å². The Hall–Kier alpha value is -2.98. The maximum atomic E-state index is 13.4. The van der Waals surface area contributed by atoms with Crippen LogP contribution in [0.4, 0.5) is 10.1 Å². The molecule has 9 nitrogen and oxygen atoms in total. The van der Waals surface area contributed by atoms with E-state index in [0.717, 1.165) is 6.07 Å². The Morgan fingerprint density at radius 1 is 1.25 bits per heavy atom. The van der Waals surface area contributed by atoms with Gasteiger partial charge in [0.1, 0.15) is 11.5 Å². The minimum Gasteiger partial charge on any atom is -0.395 e. The molecule has 1 aliphatic carbocycles. The van der Waals surface area contributed by atoms with E-state index >= 15 is 0 Å². The van der Waals surface area contributed by atoms with Crippen LogP contribution >= 0.6 is 11.6 Å². The molecule has 0 unspecified atom stereocenters. The molecule has 0 saturated heterocycles. The lowest BCUT2D eigenvalue weighted by molar-refractivity contribution is -0.123. The molecule has 4 N–H and O–H groups in total. The lowest BCUT2D eigenvalue weighted by atomic mass is 9.85. The summed E-state index contributed by atoms with van der Waals surface area (Å²) in [5.41, 5.74) is 0.454. The van der Waals surface area contributed by atoms with Gasteiger partial charge in [0.2, 0.25) is 5.91 Å². The molecule has 3 rings (SSSR count). The van der Waals surface area contributed by atoms with Crippen LogP contribution in [0.3, 0.4) is 0 Å². The zero-order chi connectivity index (χ0) is 23.3. The first kappa shape index (κ1) is 23.7. The number of carbonyl (C=O) groups is 3. The third-order valence-corrected chi connectivity index (χ3v) is 5.81. The van der Waals surface area contributed by atoms with Crippen molar-refractivity contribution in [2.75, 3.05) is 25.1 Å². The number of benzene rings is 1. The van der Waals surface area contributed by atoms with E-state index in [-0.39, 0.29) is 47.4 Å². The Bertz CT molecular complexity index is 990. The van der Waals surface area contributed by atoms with Crippen LogP contribution in [-0.2, 0) is 4.79 Å². The number of aliphatic hydroxyl groups is 1. The van der Waals surface area contributed by atoms with E-state index in [1.807, 2.05) is 0 Å². The van der Waals surface area contributed by atoms with Crippen LogP contribution in [-0.4, -0.2) is 59.0 Å². The van der Waals surface area contributed by atoms with E-state index in [1.54, 1.807) is 0 Å². The van der Waals surface area contributed by atoms with E-state index in [1.165, 1.54) is 30.4 Å². The number of carbonyl (C=O) groups excluding carboxylic acids is 3. The van der Waals surface area contributed by atoms with E-state index in [2.05, 4.69) is 20.6 Å². The molecule has 0 radical (unpaired) electrons. The van der Waals surface area contributed by atoms with E-state index in [9.17, 15) is 23.9 Å². The molecule has 2 aromatic rings. The van der Waals surface area contributed by atoms with Gasteiger partial charge < -0.3 is 25.6 Å². The van der Waals surface area contributed by atoms with Gasteiger partial charge in [0.25, 0.3) is 11.8 Å². The number of halogens is 2. The van der Waals surface area contributed by atoms with Gasteiger partial charge >= 0.3 is 0 Å². The molecule has 0 spiro atoms. The van der Waals surface area contributed by atoms with Crippen molar-refractivity contribution in [3.05, 3.63) is 46.8 Å². The van der Waals surface area contributed by atoms with Crippen molar-refractivity contribution >= 4 is 35.0 Å². The fourth-order valence-electron chi connectivity index (χ4n) is 3.87. The number of hydrogen-bond donors (Lipinski definition) is 4. The molecule has 1 aromatic carbocycles. The first-order chi connectivity index (χ1) is 15.3. The molecule has 0 aliphatic heterocycles. The Labute approximate surface area is 189 Å². The van der Waals surface area contributed by atoms with E-state index in [4.69, 9.17) is 11.6 Å². The molecule has 1 heterocycles. The lowest BCUT2D eigenvalue weighted by Gasteiger charge is -2.32. The number of rotatable bonds is 7. The molecule has 3 amide bonds. The Morgan fingerprint density at radius 2 is 1.97 bits per heavy atom. The van der Waals surface area contributed by atoms with Gasteiger partial charge in [0.05, 0.1) is 23.6 Å². The van der Waals surface area contributed by atoms with Gasteiger partial charge in [-0.3, -0.25) is 14.4 Å². The van der Waals surface area contributed by atoms with Crippen molar-refractivity contribution in [1.82, 2.24) is 20.6 Å². The summed E-state index contributed by atoms with van der Waals surface area (Å²) >= 11 is 6.12. The highest BCUT2D eigenvalue weighted by atomic mass is 35.5. The second-order valence-corrected chi connectivity index (χ2v) is 7.94. The maximum Gasteiger partial charge on any atom is 0.272 e. The van der Waals surface area contributed by atoms with Crippen LogP contribution in [0.2, 0.25) is 5.02 Å². The van der Waals surface area contributed by atoms with Gasteiger partial charge in [0, 0.05) is 25.6 Å². The van der Waals surface area contributed by atoms with Crippen molar-refractivity contribution < 1.29 is 23.9 Å². The number of amides is 3. The van der Waals surface area contributed by atoms with Gasteiger partial charge in [-0.05, 0) is 43.9 Å². The van der Waals surface area contributed by atoms with Crippen LogP contribution in [0.1, 0.15) is 46.7 Å². The Balaban J connectivity index is 1.62. The molecule has 0 bridgehead atoms. The highest BCUT2D eigenvalue weighted by Gasteiger charge is 2.32. The molecular weight excluding hydrogens is 441 g/mol. The summed E-state index contributed by atoms with van der Waals surface area (Å²) in [6, 6.07) is 3.60. The number of imidazole rings is 1. The number of aromatic amines is 1. The highest BCUT2D eigenvalue weighted by Crippen LogP contribution is 2.31. The molecule has 1 aliphatic rings. The predicted molar refractivity (Wildman–Crippen MR) is 116 cm³/mol. The normalized spacial score (nSPS) is 18.1. The number of hydrogen-bond acceptors (Lipinski definition) is 5. The van der Waals surface area contributed by atoms with Gasteiger partial charge in [-0.15, -0.1) is 0 Å². The van der Waals surface area contributed by atoms with Crippen LogP contribution in [0, 0.1) is 11.7 Å². The molecule has 1 saturated carbocycles. The first-order valence-corrected chi connectivity index (χ1v) is 10.7. The zero-order valence-corrected chi connectivity index (χ0v) is 18.3. The average molecular weight is 466 g/mol. The molecule has 32 heavy (non-hydrogen) atoms. The first-order valence-electron chi connectivity index (χ1n) is 10.3. The largest absolute Gasteiger partial charge is 0.395 e. The SMILES string of the molecule is CNC(=O)c1[nH]cnc1C(=O)NC1CCC(C(=O)N(CCO)c2ccc(F)cc2Cl)CC1. The predicted octanol–water partition coefficient (Wildman–Crippen LogP) is 1.88. The summed E-state index contributed by atoms with van der Waals surface area (Å²) in [6.45, 7) is -0.218. The smallest absolute Gasteiger partial charge is 0.272 e. The standard InChI is InChI=1S/C21H25ClFN5O4/c1-24-19(30)17-18(26-11-25-17)20(31)27-14-5-2-12(3-6-14)21(32)28(8-9-29)16-7-4-13(23)10-15(16)22/h4,7,10-12,14,29H,2-3,5-6,8-9H2,1H3,(H,24,30)(H,25,26)(H,27,31). The number of anilines is 1.